The first-order valence-corrected chi connectivity index (χ1v) is 6.87. The molecule has 1 amide bonds. The second-order valence-corrected chi connectivity index (χ2v) is 5.64. The molecule has 18 heavy (non-hydrogen) atoms. The van der Waals surface area contributed by atoms with Crippen molar-refractivity contribution in [2.24, 2.45) is 5.92 Å². The molecular weight excluding hydrogens is 248 g/mol. The van der Waals surface area contributed by atoms with Crippen LogP contribution in [-0.4, -0.2) is 16.9 Å². The highest BCUT2D eigenvalue weighted by Crippen LogP contribution is 2.24. The number of halogens is 1. The zero-order valence-electron chi connectivity index (χ0n) is 10.9. The Morgan fingerprint density at radius 1 is 1.39 bits per heavy atom. The van der Waals surface area contributed by atoms with Crippen LogP contribution in [0.1, 0.15) is 48.7 Å². The third-order valence-corrected chi connectivity index (χ3v) is 3.90. The molecule has 0 atom stereocenters. The van der Waals surface area contributed by atoms with Gasteiger partial charge in [-0.15, -0.1) is 0 Å². The highest BCUT2D eigenvalue weighted by atomic mass is 35.5. The van der Waals surface area contributed by atoms with Crippen molar-refractivity contribution in [1.29, 1.82) is 0 Å². The number of nitrogens with one attached hydrogen (secondary N) is 1. The highest BCUT2D eigenvalue weighted by Gasteiger charge is 2.21. The molecule has 0 saturated heterocycles. The Kier molecular flexibility index (Phi) is 4.23. The predicted molar refractivity (Wildman–Crippen MR) is 72.9 cm³/mol. The van der Waals surface area contributed by atoms with Crippen molar-refractivity contribution in [2.75, 3.05) is 0 Å². The van der Waals surface area contributed by atoms with Gasteiger partial charge in [-0.3, -0.25) is 9.78 Å². The SMILES string of the molecule is Cc1cc(Cl)c(C(=O)NC2CCC(C)CC2)cn1. The number of aromatic nitrogens is 1. The van der Waals surface area contributed by atoms with Crippen LogP contribution >= 0.6 is 11.6 Å². The van der Waals surface area contributed by atoms with Gasteiger partial charge in [0, 0.05) is 17.9 Å². The maximum Gasteiger partial charge on any atom is 0.254 e. The van der Waals surface area contributed by atoms with E-state index in [4.69, 9.17) is 11.6 Å². The summed E-state index contributed by atoms with van der Waals surface area (Å²) >= 11 is 6.06. The lowest BCUT2D eigenvalue weighted by Crippen LogP contribution is -2.37. The van der Waals surface area contributed by atoms with E-state index in [1.54, 1.807) is 12.3 Å². The Balaban J connectivity index is 1.99. The summed E-state index contributed by atoms with van der Waals surface area (Å²) < 4.78 is 0. The third kappa shape index (κ3) is 3.22. The Bertz CT molecular complexity index is 439. The number of carbonyl (C=O) groups excluding carboxylic acids is 1. The fourth-order valence-electron chi connectivity index (χ4n) is 2.36. The van der Waals surface area contributed by atoms with Crippen LogP contribution in [0.2, 0.25) is 5.02 Å². The van der Waals surface area contributed by atoms with Crippen LogP contribution in [-0.2, 0) is 0 Å². The van der Waals surface area contributed by atoms with Crippen molar-refractivity contribution < 1.29 is 4.79 Å². The monoisotopic (exact) mass is 266 g/mol. The number of rotatable bonds is 2. The van der Waals surface area contributed by atoms with Crippen LogP contribution in [0, 0.1) is 12.8 Å². The van der Waals surface area contributed by atoms with Gasteiger partial charge in [-0.1, -0.05) is 18.5 Å². The van der Waals surface area contributed by atoms with Crippen molar-refractivity contribution in [3.05, 3.63) is 28.5 Å². The average molecular weight is 267 g/mol. The Morgan fingerprint density at radius 2 is 2.06 bits per heavy atom. The summed E-state index contributed by atoms with van der Waals surface area (Å²) in [5.41, 5.74) is 1.30. The number of carbonyl (C=O) groups is 1. The van der Waals surface area contributed by atoms with E-state index in [0.717, 1.165) is 24.5 Å². The molecule has 1 saturated carbocycles. The van der Waals surface area contributed by atoms with Gasteiger partial charge >= 0.3 is 0 Å². The molecule has 1 aliphatic carbocycles. The molecule has 0 aromatic carbocycles. The van der Waals surface area contributed by atoms with Gasteiger partial charge in [0.05, 0.1) is 10.6 Å². The van der Waals surface area contributed by atoms with E-state index in [0.29, 0.717) is 10.6 Å². The molecule has 0 radical (unpaired) electrons. The molecule has 98 valence electrons. The molecule has 1 aromatic heterocycles. The highest BCUT2D eigenvalue weighted by molar-refractivity contribution is 6.33. The van der Waals surface area contributed by atoms with Gasteiger partial charge in [0.15, 0.2) is 0 Å². The molecule has 1 N–H and O–H groups in total. The summed E-state index contributed by atoms with van der Waals surface area (Å²) in [6, 6.07) is 2.01. The summed E-state index contributed by atoms with van der Waals surface area (Å²) in [5, 5.41) is 3.53. The molecule has 2 rings (SSSR count). The molecule has 0 unspecified atom stereocenters. The maximum absolute atomic E-state index is 12.1. The fraction of sp³-hybridized carbons (Fsp3) is 0.571. The van der Waals surface area contributed by atoms with E-state index < -0.39 is 0 Å². The van der Waals surface area contributed by atoms with Crippen LogP contribution in [0.3, 0.4) is 0 Å². The van der Waals surface area contributed by atoms with E-state index in [9.17, 15) is 4.79 Å². The zero-order valence-corrected chi connectivity index (χ0v) is 11.6. The first kappa shape index (κ1) is 13.3. The predicted octanol–water partition coefficient (Wildman–Crippen LogP) is 3.35. The maximum atomic E-state index is 12.1. The van der Waals surface area contributed by atoms with Gasteiger partial charge in [-0.25, -0.2) is 0 Å². The molecule has 1 aromatic rings. The van der Waals surface area contributed by atoms with Gasteiger partial charge in [0.25, 0.3) is 5.91 Å². The third-order valence-electron chi connectivity index (χ3n) is 3.59. The quantitative estimate of drug-likeness (QED) is 0.892. The lowest BCUT2D eigenvalue weighted by molar-refractivity contribution is 0.0923. The Hall–Kier alpha value is -1.09. The summed E-state index contributed by atoms with van der Waals surface area (Å²) in [4.78, 5) is 16.2. The fourth-order valence-corrected chi connectivity index (χ4v) is 2.65. The second kappa shape index (κ2) is 5.70. The molecule has 0 spiro atoms. The standard InChI is InChI=1S/C14H19ClN2O/c1-9-3-5-11(6-4-9)17-14(18)12-8-16-10(2)7-13(12)15/h7-9,11H,3-6H2,1-2H3,(H,17,18). The zero-order chi connectivity index (χ0) is 13.1. The van der Waals surface area contributed by atoms with Crippen LogP contribution in [0.5, 0.6) is 0 Å². The van der Waals surface area contributed by atoms with E-state index in [-0.39, 0.29) is 11.9 Å². The topological polar surface area (TPSA) is 42.0 Å². The largest absolute Gasteiger partial charge is 0.349 e. The van der Waals surface area contributed by atoms with Crippen molar-refractivity contribution in [2.45, 2.75) is 45.6 Å². The first-order valence-electron chi connectivity index (χ1n) is 6.49. The molecule has 0 bridgehead atoms. The lowest BCUT2D eigenvalue weighted by Gasteiger charge is -2.27. The molecule has 4 heteroatoms. The molecule has 3 nitrogen and oxygen atoms in total. The minimum absolute atomic E-state index is 0.105. The smallest absolute Gasteiger partial charge is 0.254 e. The van der Waals surface area contributed by atoms with Gasteiger partial charge in [0.1, 0.15) is 0 Å². The van der Waals surface area contributed by atoms with Crippen LogP contribution in [0.15, 0.2) is 12.3 Å². The Morgan fingerprint density at radius 3 is 2.67 bits per heavy atom. The first-order chi connectivity index (χ1) is 8.56. The summed E-state index contributed by atoms with van der Waals surface area (Å²) in [5.74, 6) is 0.676. The van der Waals surface area contributed by atoms with Gasteiger partial charge < -0.3 is 5.32 Å². The van der Waals surface area contributed by atoms with Crippen LogP contribution in [0.4, 0.5) is 0 Å². The second-order valence-electron chi connectivity index (χ2n) is 5.24. The molecule has 1 heterocycles. The van der Waals surface area contributed by atoms with E-state index in [1.165, 1.54) is 12.8 Å². The van der Waals surface area contributed by atoms with Crippen molar-refractivity contribution in [3.63, 3.8) is 0 Å². The van der Waals surface area contributed by atoms with E-state index >= 15 is 0 Å². The van der Waals surface area contributed by atoms with Crippen molar-refractivity contribution in [1.82, 2.24) is 10.3 Å². The number of nitrogens with zero attached hydrogens (tertiary/aromatic N) is 1. The normalized spacial score (nSPS) is 23.7. The summed E-state index contributed by atoms with van der Waals surface area (Å²) in [6.45, 7) is 4.12. The minimum Gasteiger partial charge on any atom is -0.349 e. The summed E-state index contributed by atoms with van der Waals surface area (Å²) in [6.07, 6.45) is 6.04. The van der Waals surface area contributed by atoms with Gasteiger partial charge in [-0.2, -0.15) is 0 Å². The van der Waals surface area contributed by atoms with Crippen LogP contribution in [0.25, 0.3) is 0 Å². The number of aryl methyl sites for hydroxylation is 1. The van der Waals surface area contributed by atoms with Crippen molar-refractivity contribution in [3.8, 4) is 0 Å². The Labute approximate surface area is 113 Å². The minimum atomic E-state index is -0.105. The summed E-state index contributed by atoms with van der Waals surface area (Å²) in [7, 11) is 0. The molecule has 0 aliphatic heterocycles. The molecular formula is C14H19ClN2O. The number of hydrogen-bond acceptors (Lipinski definition) is 2. The molecule has 1 fully saturated rings. The van der Waals surface area contributed by atoms with Crippen molar-refractivity contribution >= 4 is 17.5 Å². The number of hydrogen-bond donors (Lipinski definition) is 1. The van der Waals surface area contributed by atoms with E-state index in [1.807, 2.05) is 6.92 Å². The average Bonchev–Trinajstić information content (AvgIpc) is 2.32. The van der Waals surface area contributed by atoms with E-state index in [2.05, 4.69) is 17.2 Å². The lowest BCUT2D eigenvalue weighted by atomic mass is 9.87. The van der Waals surface area contributed by atoms with Gasteiger partial charge in [0.2, 0.25) is 0 Å². The number of amides is 1. The van der Waals surface area contributed by atoms with Gasteiger partial charge in [-0.05, 0) is 44.6 Å². The molecule has 1 aliphatic rings. The van der Waals surface area contributed by atoms with Crippen LogP contribution < -0.4 is 5.32 Å². The number of pyridine rings is 1.